The molecule has 0 aromatic heterocycles. The minimum atomic E-state index is -0.533. The third kappa shape index (κ3) is 4.09. The molecule has 0 spiro atoms. The van der Waals surface area contributed by atoms with Crippen LogP contribution in [-0.4, -0.2) is 29.2 Å². The Morgan fingerprint density at radius 3 is 2.76 bits per heavy atom. The van der Waals surface area contributed by atoms with Crippen LogP contribution >= 0.6 is 0 Å². The van der Waals surface area contributed by atoms with E-state index in [1.807, 2.05) is 39.0 Å². The van der Waals surface area contributed by atoms with Gasteiger partial charge in [-0.15, -0.1) is 5.11 Å². The van der Waals surface area contributed by atoms with Crippen LogP contribution in [0.2, 0.25) is 0 Å². The van der Waals surface area contributed by atoms with Crippen molar-refractivity contribution in [2.45, 2.75) is 57.8 Å². The van der Waals surface area contributed by atoms with Gasteiger partial charge in [0.2, 0.25) is 0 Å². The average molecular weight is 393 g/mol. The topological polar surface area (TPSA) is 92.6 Å². The summed E-state index contributed by atoms with van der Waals surface area (Å²) in [6.45, 7) is 6.05. The summed E-state index contributed by atoms with van der Waals surface area (Å²) in [5.74, 6) is 1.51. The molecule has 2 aliphatic rings. The van der Waals surface area contributed by atoms with E-state index in [2.05, 4.69) is 28.4 Å². The first-order valence-electron chi connectivity index (χ1n) is 10.1. The number of rotatable bonds is 5. The lowest BCUT2D eigenvalue weighted by Crippen LogP contribution is -2.48. The Morgan fingerprint density at radius 2 is 2.03 bits per heavy atom. The fraction of sp³-hybridized carbons (Fsp3) is 0.435. The fourth-order valence-corrected chi connectivity index (χ4v) is 3.93. The van der Waals surface area contributed by atoms with E-state index < -0.39 is 5.54 Å². The highest BCUT2D eigenvalue weighted by molar-refractivity contribution is 6.00. The molecule has 0 bridgehead atoms. The fourth-order valence-electron chi connectivity index (χ4n) is 3.93. The van der Waals surface area contributed by atoms with Crippen LogP contribution in [0.5, 0.6) is 5.75 Å². The van der Waals surface area contributed by atoms with Crippen molar-refractivity contribution >= 4 is 5.84 Å². The van der Waals surface area contributed by atoms with Crippen molar-refractivity contribution in [2.24, 2.45) is 21.0 Å². The highest BCUT2D eigenvalue weighted by Crippen LogP contribution is 2.33. The Bertz CT molecular complexity index is 983. The molecule has 29 heavy (non-hydrogen) atoms. The Hall–Kier alpha value is -2.57. The maximum atomic E-state index is 9.62. The van der Waals surface area contributed by atoms with Crippen molar-refractivity contribution in [2.75, 3.05) is 6.61 Å². The number of hydrogen-bond acceptors (Lipinski definition) is 6. The van der Waals surface area contributed by atoms with Gasteiger partial charge in [0.25, 0.3) is 0 Å². The highest BCUT2D eigenvalue weighted by Gasteiger charge is 2.30. The first-order valence-corrected chi connectivity index (χ1v) is 10.1. The van der Waals surface area contributed by atoms with Gasteiger partial charge in [0.1, 0.15) is 5.75 Å². The lowest BCUT2D eigenvalue weighted by atomic mass is 9.78. The number of nitrogens with two attached hydrogens (primary N) is 1. The Morgan fingerprint density at radius 1 is 1.21 bits per heavy atom. The van der Waals surface area contributed by atoms with Gasteiger partial charge >= 0.3 is 0 Å². The molecule has 0 radical (unpaired) electrons. The number of fused-ring (bicyclic) bond motifs is 1. The molecule has 2 atom stereocenters. The molecule has 1 heterocycles. The van der Waals surface area contributed by atoms with Crippen molar-refractivity contribution in [3.63, 3.8) is 0 Å². The molecule has 1 aliphatic heterocycles. The molecule has 1 aliphatic carbocycles. The second-order valence-corrected chi connectivity index (χ2v) is 8.41. The van der Waals surface area contributed by atoms with E-state index in [0.717, 1.165) is 35.3 Å². The van der Waals surface area contributed by atoms with E-state index in [1.54, 1.807) is 0 Å². The summed E-state index contributed by atoms with van der Waals surface area (Å²) in [5.41, 5.74) is 11.2. The number of aliphatic hydroxyl groups is 1. The van der Waals surface area contributed by atoms with Gasteiger partial charge in [0.15, 0.2) is 12.0 Å². The molecular formula is C23H28N4O2. The summed E-state index contributed by atoms with van der Waals surface area (Å²) in [4.78, 5) is 4.73. The van der Waals surface area contributed by atoms with E-state index >= 15 is 0 Å². The summed E-state index contributed by atoms with van der Waals surface area (Å²) in [7, 11) is 0. The molecule has 4 rings (SSSR count). The van der Waals surface area contributed by atoms with Crippen LogP contribution in [0.25, 0.3) is 0 Å². The summed E-state index contributed by atoms with van der Waals surface area (Å²) >= 11 is 0. The molecule has 0 amide bonds. The molecule has 2 aromatic rings. The van der Waals surface area contributed by atoms with Gasteiger partial charge in [-0.25, -0.2) is 4.99 Å². The molecular weight excluding hydrogens is 364 g/mol. The molecule has 0 fully saturated rings. The zero-order chi connectivity index (χ0) is 20.6. The maximum Gasteiger partial charge on any atom is 0.188 e. The number of nitrogens with zero attached hydrogens (tertiary/aromatic N) is 3. The molecule has 2 aromatic carbocycles. The van der Waals surface area contributed by atoms with Gasteiger partial charge in [0.05, 0.1) is 12.7 Å². The molecule has 0 saturated heterocycles. The molecule has 6 heteroatoms. The van der Waals surface area contributed by atoms with Gasteiger partial charge < -0.3 is 15.6 Å². The maximum absolute atomic E-state index is 9.62. The predicted molar refractivity (Wildman–Crippen MR) is 114 cm³/mol. The number of azo groups is 1. The quantitative estimate of drug-likeness (QED) is 0.809. The lowest BCUT2D eigenvalue weighted by molar-refractivity contribution is 0.181. The van der Waals surface area contributed by atoms with Gasteiger partial charge in [-0.1, -0.05) is 18.2 Å². The minimum absolute atomic E-state index is 0.00201. The van der Waals surface area contributed by atoms with Gasteiger partial charge in [-0.2, -0.15) is 5.11 Å². The van der Waals surface area contributed by atoms with Crippen molar-refractivity contribution in [1.82, 2.24) is 0 Å². The largest absolute Gasteiger partial charge is 0.491 e. The van der Waals surface area contributed by atoms with Gasteiger partial charge in [-0.05, 0) is 74.9 Å². The zero-order valence-corrected chi connectivity index (χ0v) is 17.2. The second-order valence-electron chi connectivity index (χ2n) is 8.41. The molecule has 3 N–H and O–H groups in total. The normalized spacial score (nSPS) is 23.2. The number of ether oxygens (including phenoxy) is 1. The van der Waals surface area contributed by atoms with Crippen LogP contribution in [0.1, 0.15) is 54.3 Å². The number of aliphatic hydroxyl groups excluding tert-OH is 1. The van der Waals surface area contributed by atoms with Crippen LogP contribution in [0, 0.1) is 6.92 Å². The summed E-state index contributed by atoms with van der Waals surface area (Å²) in [5, 5.41) is 18.3. The second kappa shape index (κ2) is 7.69. The van der Waals surface area contributed by atoms with E-state index in [1.165, 1.54) is 11.1 Å². The van der Waals surface area contributed by atoms with Crippen molar-refractivity contribution in [3.8, 4) is 5.75 Å². The molecule has 152 valence electrons. The van der Waals surface area contributed by atoms with E-state index in [4.69, 9.17) is 15.5 Å². The Kier molecular flexibility index (Phi) is 5.23. The van der Waals surface area contributed by atoms with Crippen LogP contribution in [-0.2, 0) is 12.8 Å². The van der Waals surface area contributed by atoms with Crippen LogP contribution < -0.4 is 10.5 Å². The zero-order valence-electron chi connectivity index (χ0n) is 17.2. The van der Waals surface area contributed by atoms with E-state index in [-0.39, 0.29) is 18.9 Å². The lowest BCUT2D eigenvalue weighted by Gasteiger charge is -2.33. The van der Waals surface area contributed by atoms with Gasteiger partial charge in [0, 0.05) is 16.7 Å². The van der Waals surface area contributed by atoms with Gasteiger partial charge in [-0.3, -0.25) is 0 Å². The van der Waals surface area contributed by atoms with E-state index in [0.29, 0.717) is 12.3 Å². The van der Waals surface area contributed by atoms with Crippen LogP contribution in [0.15, 0.2) is 51.6 Å². The number of amidine groups is 1. The number of hydrogen-bond donors (Lipinski definition) is 2. The van der Waals surface area contributed by atoms with E-state index in [9.17, 15) is 5.11 Å². The summed E-state index contributed by atoms with van der Waals surface area (Å²) < 4.78 is 5.81. The minimum Gasteiger partial charge on any atom is -0.491 e. The smallest absolute Gasteiger partial charge is 0.188 e. The Balaban J connectivity index is 1.56. The average Bonchev–Trinajstić information content (AvgIpc) is 3.19. The monoisotopic (exact) mass is 392 g/mol. The number of benzene rings is 2. The summed E-state index contributed by atoms with van der Waals surface area (Å²) in [6, 6.07) is 12.3. The molecule has 2 unspecified atom stereocenters. The third-order valence-electron chi connectivity index (χ3n) is 5.58. The summed E-state index contributed by atoms with van der Waals surface area (Å²) in [6.07, 6.45) is 2.15. The molecule has 0 saturated carbocycles. The number of aryl methyl sites for hydroxylation is 2. The standard InChI is InChI=1S/C23H28N4O2/c1-14(2)29-20-7-6-17(10-15(20)3)21-25-22(27-26-21)18-5-4-16-8-9-23(24,13-28)12-19(16)11-18/h4-7,10-11,14,22,28H,8-9,12-13,24H2,1-3H3. The highest BCUT2D eigenvalue weighted by atomic mass is 16.5. The van der Waals surface area contributed by atoms with Crippen molar-refractivity contribution < 1.29 is 9.84 Å². The van der Waals surface area contributed by atoms with Crippen LogP contribution in [0.4, 0.5) is 0 Å². The van der Waals surface area contributed by atoms with Crippen LogP contribution in [0.3, 0.4) is 0 Å². The predicted octanol–water partition coefficient (Wildman–Crippen LogP) is 3.87. The van der Waals surface area contributed by atoms with Crippen molar-refractivity contribution in [1.29, 1.82) is 0 Å². The molecule has 6 nitrogen and oxygen atoms in total. The SMILES string of the molecule is Cc1cc(C2=NC(c3ccc4c(c3)CC(N)(CO)CC4)N=N2)ccc1OC(C)C. The third-order valence-corrected chi connectivity index (χ3v) is 5.58. The first-order chi connectivity index (χ1) is 13.9. The number of aliphatic imine (C=N–C) groups is 1. The Labute approximate surface area is 171 Å². The van der Waals surface area contributed by atoms with Crippen molar-refractivity contribution in [3.05, 3.63) is 64.2 Å². The first kappa shape index (κ1) is 19.7.